The number of carbonyl (C=O) groups excluding carboxylic acids is 2. The summed E-state index contributed by atoms with van der Waals surface area (Å²) < 4.78 is 5.33. The average molecular weight is 512 g/mol. The number of benzene rings is 3. The van der Waals surface area contributed by atoms with Gasteiger partial charge in [0, 0.05) is 5.69 Å². The van der Waals surface area contributed by atoms with Crippen molar-refractivity contribution in [1.29, 1.82) is 5.26 Å². The topological polar surface area (TPSA) is 82.4 Å². The SMILES string of the molecule is CCc1ccc(CC2S/C(=C(/C#N)C(=O)Nc3ccccc3OC)N(c3ccc(CC)cc3)C2=O)cc1. The van der Waals surface area contributed by atoms with E-state index >= 15 is 0 Å². The summed E-state index contributed by atoms with van der Waals surface area (Å²) in [5.41, 5.74) is 4.35. The van der Waals surface area contributed by atoms with E-state index in [-0.39, 0.29) is 11.5 Å². The maximum Gasteiger partial charge on any atom is 0.269 e. The molecule has 188 valence electrons. The Kier molecular flexibility index (Phi) is 8.32. The normalized spacial score (nSPS) is 16.3. The quantitative estimate of drug-likeness (QED) is 0.301. The summed E-state index contributed by atoms with van der Waals surface area (Å²) >= 11 is 1.26. The van der Waals surface area contributed by atoms with Crippen molar-refractivity contribution in [3.8, 4) is 11.8 Å². The van der Waals surface area contributed by atoms with Crippen LogP contribution >= 0.6 is 11.8 Å². The van der Waals surface area contributed by atoms with Crippen molar-refractivity contribution >= 4 is 35.0 Å². The number of rotatable bonds is 8. The lowest BCUT2D eigenvalue weighted by Crippen LogP contribution is -2.31. The van der Waals surface area contributed by atoms with E-state index in [0.717, 1.165) is 24.0 Å². The Labute approximate surface area is 221 Å². The first kappa shape index (κ1) is 26.1. The number of thioether (sulfide) groups is 1. The van der Waals surface area contributed by atoms with Crippen molar-refractivity contribution in [2.45, 2.75) is 38.4 Å². The van der Waals surface area contributed by atoms with Crippen molar-refractivity contribution in [1.82, 2.24) is 0 Å². The monoisotopic (exact) mass is 511 g/mol. The fourth-order valence-electron chi connectivity index (χ4n) is 4.16. The second-order valence-corrected chi connectivity index (χ2v) is 9.81. The third-order valence-electron chi connectivity index (χ3n) is 6.32. The fourth-order valence-corrected chi connectivity index (χ4v) is 5.47. The minimum Gasteiger partial charge on any atom is -0.495 e. The van der Waals surface area contributed by atoms with E-state index in [2.05, 4.69) is 37.4 Å². The van der Waals surface area contributed by atoms with Crippen LogP contribution < -0.4 is 15.0 Å². The molecule has 1 aliphatic heterocycles. The van der Waals surface area contributed by atoms with Crippen LogP contribution in [0.4, 0.5) is 11.4 Å². The zero-order valence-electron chi connectivity index (χ0n) is 21.2. The number of nitriles is 1. The van der Waals surface area contributed by atoms with E-state index < -0.39 is 11.2 Å². The zero-order chi connectivity index (χ0) is 26.4. The van der Waals surface area contributed by atoms with Crippen LogP contribution in [0.2, 0.25) is 0 Å². The highest BCUT2D eigenvalue weighted by Crippen LogP contribution is 2.42. The molecule has 37 heavy (non-hydrogen) atoms. The molecule has 3 aromatic carbocycles. The molecule has 1 N–H and O–H groups in total. The molecule has 0 spiro atoms. The van der Waals surface area contributed by atoms with E-state index in [1.807, 2.05) is 36.4 Å². The molecule has 1 heterocycles. The summed E-state index contributed by atoms with van der Waals surface area (Å²) in [6.07, 6.45) is 2.30. The number of nitrogens with zero attached hydrogens (tertiary/aromatic N) is 2. The number of para-hydroxylation sites is 2. The van der Waals surface area contributed by atoms with Gasteiger partial charge in [-0.15, -0.1) is 0 Å². The van der Waals surface area contributed by atoms with Crippen molar-refractivity contribution < 1.29 is 14.3 Å². The third kappa shape index (κ3) is 5.71. The van der Waals surface area contributed by atoms with Crippen molar-refractivity contribution in [2.75, 3.05) is 17.3 Å². The summed E-state index contributed by atoms with van der Waals surface area (Å²) in [7, 11) is 1.51. The predicted molar refractivity (Wildman–Crippen MR) is 148 cm³/mol. The zero-order valence-corrected chi connectivity index (χ0v) is 22.0. The molecule has 0 radical (unpaired) electrons. The smallest absolute Gasteiger partial charge is 0.269 e. The Bertz CT molecular complexity index is 1360. The third-order valence-corrected chi connectivity index (χ3v) is 7.58. The molecule has 3 aromatic rings. The van der Waals surface area contributed by atoms with Crippen LogP contribution in [0.25, 0.3) is 0 Å². The van der Waals surface area contributed by atoms with Crippen molar-refractivity contribution in [2.24, 2.45) is 0 Å². The van der Waals surface area contributed by atoms with E-state index in [4.69, 9.17) is 4.74 Å². The summed E-state index contributed by atoms with van der Waals surface area (Å²) in [6, 6.07) is 24.9. The molecule has 7 heteroatoms. The number of nitrogens with one attached hydrogen (secondary N) is 1. The van der Waals surface area contributed by atoms with E-state index in [1.54, 1.807) is 24.3 Å². The summed E-state index contributed by atoms with van der Waals surface area (Å²) in [6.45, 7) is 4.16. The first-order valence-corrected chi connectivity index (χ1v) is 13.1. The summed E-state index contributed by atoms with van der Waals surface area (Å²) in [5, 5.41) is 12.7. The van der Waals surface area contributed by atoms with Gasteiger partial charge in [0.15, 0.2) is 0 Å². The fraction of sp³-hybridized carbons (Fsp3) is 0.233. The molecule has 1 unspecified atom stereocenters. The molecular formula is C30H29N3O3S. The van der Waals surface area contributed by atoms with Crippen LogP contribution in [0, 0.1) is 11.3 Å². The van der Waals surface area contributed by atoms with E-state index in [0.29, 0.717) is 28.6 Å². The maximum atomic E-state index is 13.7. The van der Waals surface area contributed by atoms with Crippen LogP contribution in [0.15, 0.2) is 83.4 Å². The van der Waals surface area contributed by atoms with Crippen molar-refractivity contribution in [3.63, 3.8) is 0 Å². The number of carbonyl (C=O) groups is 2. The minimum absolute atomic E-state index is 0.118. The number of anilines is 2. The number of hydrogen-bond donors (Lipinski definition) is 1. The van der Waals surface area contributed by atoms with Gasteiger partial charge >= 0.3 is 0 Å². The Balaban J connectivity index is 1.72. The van der Waals surface area contributed by atoms with Gasteiger partial charge in [-0.3, -0.25) is 14.5 Å². The number of ether oxygens (including phenoxy) is 1. The Morgan fingerprint density at radius 3 is 2.16 bits per heavy atom. The highest BCUT2D eigenvalue weighted by atomic mass is 32.2. The Hall–Kier alpha value is -4.02. The van der Waals surface area contributed by atoms with E-state index in [9.17, 15) is 14.9 Å². The van der Waals surface area contributed by atoms with Gasteiger partial charge in [-0.2, -0.15) is 5.26 Å². The number of aryl methyl sites for hydroxylation is 2. The van der Waals surface area contributed by atoms with E-state index in [1.165, 1.54) is 29.3 Å². The molecule has 1 atom stereocenters. The lowest BCUT2D eigenvalue weighted by Gasteiger charge is -2.19. The molecule has 2 amide bonds. The van der Waals surface area contributed by atoms with Crippen LogP contribution in [0.1, 0.15) is 30.5 Å². The number of amides is 2. The predicted octanol–water partition coefficient (Wildman–Crippen LogP) is 5.88. The summed E-state index contributed by atoms with van der Waals surface area (Å²) in [4.78, 5) is 28.5. The molecule has 1 saturated heterocycles. The highest BCUT2D eigenvalue weighted by Gasteiger charge is 2.40. The van der Waals surface area contributed by atoms with Gasteiger partial charge in [0.05, 0.1) is 18.0 Å². The first-order valence-electron chi connectivity index (χ1n) is 12.2. The molecule has 6 nitrogen and oxygen atoms in total. The van der Waals surface area contributed by atoms with Crippen LogP contribution in [0.3, 0.4) is 0 Å². The molecular weight excluding hydrogens is 482 g/mol. The highest BCUT2D eigenvalue weighted by molar-refractivity contribution is 8.05. The van der Waals surface area contributed by atoms with Crippen molar-refractivity contribution in [3.05, 3.63) is 100 Å². The molecule has 0 bridgehead atoms. The minimum atomic E-state index is -0.592. The molecule has 0 saturated carbocycles. The van der Waals surface area contributed by atoms with Crippen LogP contribution in [-0.4, -0.2) is 24.2 Å². The van der Waals surface area contributed by atoms with Gasteiger partial charge in [0.2, 0.25) is 5.91 Å². The van der Waals surface area contributed by atoms with Gasteiger partial charge in [-0.25, -0.2) is 0 Å². The lowest BCUT2D eigenvalue weighted by atomic mass is 10.1. The molecule has 4 rings (SSSR count). The summed E-state index contributed by atoms with van der Waals surface area (Å²) in [5.74, 6) is -0.263. The molecule has 0 aliphatic carbocycles. The standard InChI is InChI=1S/C30H29N3O3S/c1-4-20-10-12-22(13-11-20)18-27-29(35)33(23-16-14-21(5-2)15-17-23)30(37-27)24(19-31)28(34)32-25-8-6-7-9-26(25)36-3/h6-17,27H,4-5,18H2,1-3H3,(H,32,34)/b30-24-. The Morgan fingerprint density at radius 1 is 0.973 bits per heavy atom. The number of methoxy groups -OCH3 is 1. The van der Waals surface area contributed by atoms with Crippen LogP contribution in [0.5, 0.6) is 5.75 Å². The first-order chi connectivity index (χ1) is 18.0. The second-order valence-electron chi connectivity index (χ2n) is 8.62. The second kappa shape index (κ2) is 11.8. The molecule has 1 aliphatic rings. The van der Waals surface area contributed by atoms with Gasteiger partial charge in [0.25, 0.3) is 5.91 Å². The van der Waals surface area contributed by atoms with Gasteiger partial charge < -0.3 is 10.1 Å². The van der Waals surface area contributed by atoms with Gasteiger partial charge in [0.1, 0.15) is 22.4 Å². The number of hydrogen-bond acceptors (Lipinski definition) is 5. The largest absolute Gasteiger partial charge is 0.495 e. The lowest BCUT2D eigenvalue weighted by molar-refractivity contribution is -0.117. The molecule has 0 aromatic heterocycles. The molecule has 1 fully saturated rings. The van der Waals surface area contributed by atoms with Gasteiger partial charge in [-0.05, 0) is 60.2 Å². The Morgan fingerprint density at radius 2 is 1.57 bits per heavy atom. The average Bonchev–Trinajstić information content (AvgIpc) is 3.24. The van der Waals surface area contributed by atoms with Crippen LogP contribution in [-0.2, 0) is 28.9 Å². The van der Waals surface area contributed by atoms with Gasteiger partial charge in [-0.1, -0.05) is 74.1 Å². The maximum absolute atomic E-state index is 13.7.